The molecular formula is C20H20N2O3S. The number of benzene rings is 2. The average Bonchev–Trinajstić information content (AvgIpc) is 3.30. The smallest absolute Gasteiger partial charge is 0.257 e. The highest BCUT2D eigenvalue weighted by Crippen LogP contribution is 2.28. The normalized spacial score (nSPS) is 16.7. The number of nitrogens with one attached hydrogen (secondary N) is 1. The molecule has 2 aromatic carbocycles. The molecule has 1 N–H and O–H groups in total. The van der Waals surface area contributed by atoms with Gasteiger partial charge >= 0.3 is 0 Å². The van der Waals surface area contributed by atoms with Gasteiger partial charge in [-0.05, 0) is 55.7 Å². The molecule has 1 fully saturated rings. The van der Waals surface area contributed by atoms with E-state index in [0.29, 0.717) is 17.3 Å². The first-order chi connectivity index (χ1) is 12.7. The SMILES string of the molecule is Cc1cccc2sc(NC(=O)c3ccc(OC[C@H]4CCCO4)cc3)nc12. The van der Waals surface area contributed by atoms with Gasteiger partial charge in [0.2, 0.25) is 0 Å². The molecule has 0 saturated carbocycles. The number of hydrogen-bond donors (Lipinski definition) is 1. The molecule has 1 atom stereocenters. The second kappa shape index (κ2) is 7.43. The number of aromatic nitrogens is 1. The standard InChI is InChI=1S/C20H20N2O3S/c1-13-4-2-6-17-18(13)21-20(26-17)22-19(23)14-7-9-15(10-8-14)25-12-16-5-3-11-24-16/h2,4,6-10,16H,3,5,11-12H2,1H3,(H,21,22,23)/t16-/m1/s1. The number of rotatable bonds is 5. The first-order valence-electron chi connectivity index (χ1n) is 8.71. The lowest BCUT2D eigenvalue weighted by Crippen LogP contribution is -2.16. The number of hydrogen-bond acceptors (Lipinski definition) is 5. The molecule has 1 aromatic heterocycles. The maximum Gasteiger partial charge on any atom is 0.257 e. The summed E-state index contributed by atoms with van der Waals surface area (Å²) < 4.78 is 12.3. The molecule has 0 radical (unpaired) electrons. The van der Waals surface area contributed by atoms with Crippen molar-refractivity contribution < 1.29 is 14.3 Å². The molecule has 1 aliphatic rings. The van der Waals surface area contributed by atoms with Gasteiger partial charge in [0.15, 0.2) is 5.13 Å². The lowest BCUT2D eigenvalue weighted by Gasteiger charge is -2.11. The minimum absolute atomic E-state index is 0.174. The van der Waals surface area contributed by atoms with Crippen LogP contribution in [0, 0.1) is 6.92 Å². The summed E-state index contributed by atoms with van der Waals surface area (Å²) in [6.07, 6.45) is 2.32. The Bertz CT molecular complexity index is 914. The van der Waals surface area contributed by atoms with E-state index in [-0.39, 0.29) is 12.0 Å². The molecule has 3 aromatic rings. The van der Waals surface area contributed by atoms with E-state index in [1.165, 1.54) is 11.3 Å². The van der Waals surface area contributed by atoms with E-state index in [4.69, 9.17) is 9.47 Å². The van der Waals surface area contributed by atoms with Crippen molar-refractivity contribution in [1.82, 2.24) is 4.98 Å². The van der Waals surface area contributed by atoms with Crippen LogP contribution in [0.15, 0.2) is 42.5 Å². The highest BCUT2D eigenvalue weighted by Gasteiger charge is 2.16. The summed E-state index contributed by atoms with van der Waals surface area (Å²) in [6.45, 7) is 3.39. The van der Waals surface area contributed by atoms with E-state index in [1.807, 2.05) is 37.3 Å². The zero-order chi connectivity index (χ0) is 17.9. The minimum Gasteiger partial charge on any atom is -0.491 e. The number of nitrogens with zero attached hydrogens (tertiary/aromatic N) is 1. The number of carbonyl (C=O) groups excluding carboxylic acids is 1. The first kappa shape index (κ1) is 17.0. The van der Waals surface area contributed by atoms with Crippen LogP contribution in [0.3, 0.4) is 0 Å². The van der Waals surface area contributed by atoms with Crippen molar-refractivity contribution in [1.29, 1.82) is 0 Å². The van der Waals surface area contributed by atoms with E-state index in [2.05, 4.69) is 10.3 Å². The molecule has 5 nitrogen and oxygen atoms in total. The van der Waals surface area contributed by atoms with Crippen molar-refractivity contribution in [2.75, 3.05) is 18.5 Å². The van der Waals surface area contributed by atoms with E-state index < -0.39 is 0 Å². The van der Waals surface area contributed by atoms with Crippen LogP contribution in [0.4, 0.5) is 5.13 Å². The lowest BCUT2D eigenvalue weighted by atomic mass is 10.2. The van der Waals surface area contributed by atoms with Gasteiger partial charge in [-0.2, -0.15) is 0 Å². The van der Waals surface area contributed by atoms with E-state index >= 15 is 0 Å². The van der Waals surface area contributed by atoms with Crippen molar-refractivity contribution in [2.24, 2.45) is 0 Å². The summed E-state index contributed by atoms with van der Waals surface area (Å²) in [7, 11) is 0. The zero-order valence-corrected chi connectivity index (χ0v) is 15.3. The number of ether oxygens (including phenoxy) is 2. The summed E-state index contributed by atoms with van der Waals surface area (Å²) in [6, 6.07) is 13.2. The van der Waals surface area contributed by atoms with Gasteiger partial charge in [-0.3, -0.25) is 10.1 Å². The summed E-state index contributed by atoms with van der Waals surface area (Å²) in [5.41, 5.74) is 2.61. The van der Waals surface area contributed by atoms with Gasteiger partial charge < -0.3 is 9.47 Å². The number of amides is 1. The maximum absolute atomic E-state index is 12.4. The summed E-state index contributed by atoms with van der Waals surface area (Å²) in [4.78, 5) is 17.0. The third kappa shape index (κ3) is 3.71. The molecule has 1 amide bonds. The molecule has 2 heterocycles. The van der Waals surface area contributed by atoms with Gasteiger partial charge in [-0.1, -0.05) is 23.5 Å². The van der Waals surface area contributed by atoms with Crippen molar-refractivity contribution in [3.63, 3.8) is 0 Å². The number of aryl methyl sites for hydroxylation is 1. The van der Waals surface area contributed by atoms with Crippen molar-refractivity contribution in [2.45, 2.75) is 25.9 Å². The molecule has 4 rings (SSSR count). The Labute approximate surface area is 156 Å². The Hall–Kier alpha value is -2.44. The van der Waals surface area contributed by atoms with Crippen LogP contribution in [-0.4, -0.2) is 30.2 Å². The Morgan fingerprint density at radius 2 is 2.15 bits per heavy atom. The van der Waals surface area contributed by atoms with Crippen LogP contribution < -0.4 is 10.1 Å². The van der Waals surface area contributed by atoms with Crippen LogP contribution in [0.2, 0.25) is 0 Å². The number of thiazole rings is 1. The second-order valence-electron chi connectivity index (χ2n) is 6.37. The highest BCUT2D eigenvalue weighted by molar-refractivity contribution is 7.22. The van der Waals surface area contributed by atoms with Gasteiger partial charge in [0.1, 0.15) is 12.4 Å². The average molecular weight is 368 g/mol. The van der Waals surface area contributed by atoms with Crippen molar-refractivity contribution in [3.05, 3.63) is 53.6 Å². The number of carbonyl (C=O) groups is 1. The lowest BCUT2D eigenvalue weighted by molar-refractivity contribution is 0.0679. The molecule has 26 heavy (non-hydrogen) atoms. The van der Waals surface area contributed by atoms with Crippen LogP contribution in [0.5, 0.6) is 5.75 Å². The summed E-state index contributed by atoms with van der Waals surface area (Å²) in [5, 5.41) is 3.49. The topological polar surface area (TPSA) is 60.5 Å². The van der Waals surface area contributed by atoms with Crippen molar-refractivity contribution >= 4 is 32.6 Å². The van der Waals surface area contributed by atoms with Gasteiger partial charge in [0.05, 0.1) is 16.3 Å². The van der Waals surface area contributed by atoms with E-state index in [1.54, 1.807) is 12.1 Å². The fraction of sp³-hybridized carbons (Fsp3) is 0.300. The monoisotopic (exact) mass is 368 g/mol. The van der Waals surface area contributed by atoms with Gasteiger partial charge in [-0.15, -0.1) is 0 Å². The van der Waals surface area contributed by atoms with Gasteiger partial charge in [0.25, 0.3) is 5.91 Å². The molecule has 0 spiro atoms. The molecule has 0 unspecified atom stereocenters. The Balaban J connectivity index is 1.39. The molecule has 1 aliphatic heterocycles. The van der Waals surface area contributed by atoms with Crippen LogP contribution in [-0.2, 0) is 4.74 Å². The molecule has 134 valence electrons. The van der Waals surface area contributed by atoms with Crippen molar-refractivity contribution in [3.8, 4) is 5.75 Å². The number of fused-ring (bicyclic) bond motifs is 1. The fourth-order valence-corrected chi connectivity index (χ4v) is 3.92. The predicted octanol–water partition coefficient (Wildman–Crippen LogP) is 4.41. The second-order valence-corrected chi connectivity index (χ2v) is 7.40. The van der Waals surface area contributed by atoms with E-state index in [9.17, 15) is 4.79 Å². The number of para-hydroxylation sites is 1. The largest absolute Gasteiger partial charge is 0.491 e. The summed E-state index contributed by atoms with van der Waals surface area (Å²) >= 11 is 1.48. The molecule has 0 aliphatic carbocycles. The van der Waals surface area contributed by atoms with E-state index in [0.717, 1.165) is 41.0 Å². The fourth-order valence-electron chi connectivity index (χ4n) is 2.98. The zero-order valence-electron chi connectivity index (χ0n) is 14.5. The Kier molecular flexibility index (Phi) is 4.86. The quantitative estimate of drug-likeness (QED) is 0.724. The van der Waals surface area contributed by atoms with Gasteiger partial charge in [-0.25, -0.2) is 4.98 Å². The Morgan fingerprint density at radius 1 is 1.31 bits per heavy atom. The predicted molar refractivity (Wildman–Crippen MR) is 103 cm³/mol. The molecule has 6 heteroatoms. The van der Waals surface area contributed by atoms with Crippen LogP contribution in [0.25, 0.3) is 10.2 Å². The Morgan fingerprint density at radius 3 is 2.88 bits per heavy atom. The maximum atomic E-state index is 12.4. The number of anilines is 1. The molecule has 1 saturated heterocycles. The van der Waals surface area contributed by atoms with Gasteiger partial charge in [0, 0.05) is 12.2 Å². The van der Waals surface area contributed by atoms with Crippen LogP contribution >= 0.6 is 11.3 Å². The molecular weight excluding hydrogens is 348 g/mol. The summed E-state index contributed by atoms with van der Waals surface area (Å²) in [5.74, 6) is 0.569. The molecule has 0 bridgehead atoms. The minimum atomic E-state index is -0.174. The van der Waals surface area contributed by atoms with Crippen LogP contribution in [0.1, 0.15) is 28.8 Å². The first-order valence-corrected chi connectivity index (χ1v) is 9.53. The third-order valence-corrected chi connectivity index (χ3v) is 5.35. The highest BCUT2D eigenvalue weighted by atomic mass is 32.1. The third-order valence-electron chi connectivity index (χ3n) is 4.42.